The Bertz CT molecular complexity index is 243. The second kappa shape index (κ2) is 6.27. The Balaban J connectivity index is 2.32. The number of hydrogen-bond acceptors (Lipinski definition) is 0. The average molecular weight is 236 g/mol. The first kappa shape index (κ1) is 10.9. The summed E-state index contributed by atoms with van der Waals surface area (Å²) in [5, 5.41) is 0. The van der Waals surface area contributed by atoms with Crippen LogP contribution in [0.15, 0.2) is 24.3 Å². The normalized spacial score (nSPS) is 10.3. The van der Waals surface area contributed by atoms with Crippen LogP contribution in [0.25, 0.3) is 0 Å². The van der Waals surface area contributed by atoms with Crippen molar-refractivity contribution in [3.05, 3.63) is 29.8 Å². The Labute approximate surface area is 90.2 Å². The van der Waals surface area contributed by atoms with Crippen LogP contribution in [-0.2, 0) is 6.42 Å². The molecule has 0 saturated carbocycles. The van der Waals surface area contributed by atoms with E-state index in [9.17, 15) is 0 Å². The summed E-state index contributed by atoms with van der Waals surface area (Å²) in [7, 11) is 0. The van der Waals surface area contributed by atoms with E-state index in [1.807, 2.05) is 0 Å². The summed E-state index contributed by atoms with van der Waals surface area (Å²) in [6.45, 7) is 2.25. The number of unbranched alkanes of at least 4 members (excludes halogenated alkanes) is 3. The van der Waals surface area contributed by atoms with Gasteiger partial charge in [0.2, 0.25) is 0 Å². The van der Waals surface area contributed by atoms with E-state index in [-0.39, 0.29) is 0 Å². The van der Waals surface area contributed by atoms with Gasteiger partial charge in [-0.25, -0.2) is 0 Å². The molecule has 0 heterocycles. The monoisotopic (exact) mass is 236 g/mol. The molecule has 0 amide bonds. The minimum absolute atomic E-state index is 1.24. The second-order valence-electron chi connectivity index (χ2n) is 3.44. The maximum atomic E-state index is 2.66. The van der Waals surface area contributed by atoms with E-state index >= 15 is 0 Å². The van der Waals surface area contributed by atoms with Gasteiger partial charge in [-0.05, 0) is 0 Å². The van der Waals surface area contributed by atoms with Crippen LogP contribution in [0, 0.1) is 0 Å². The van der Waals surface area contributed by atoms with E-state index in [2.05, 4.69) is 48.0 Å². The van der Waals surface area contributed by atoms with Gasteiger partial charge in [-0.3, -0.25) is 0 Å². The predicted octanol–water partition coefficient (Wildman–Crippen LogP) is 2.60. The number of hydrogen-bond donors (Lipinski definition) is 0. The standard InChI is InChI=1S/C12H17As/c1-2-3-4-5-8-11-9-6-7-10-12(11)13/h6-7,9-10H,2-5,8H2,1H3. The summed E-state index contributed by atoms with van der Waals surface area (Å²) in [6, 6.07) is 8.64. The van der Waals surface area contributed by atoms with Gasteiger partial charge < -0.3 is 0 Å². The molecule has 0 saturated heterocycles. The van der Waals surface area contributed by atoms with Crippen LogP contribution < -0.4 is 4.35 Å². The summed E-state index contributed by atoms with van der Waals surface area (Å²) in [5.74, 6) is 0. The minimum atomic E-state index is 1.24. The molecular formula is C12H17As. The topological polar surface area (TPSA) is 0 Å². The van der Waals surface area contributed by atoms with Crippen molar-refractivity contribution < 1.29 is 0 Å². The van der Waals surface area contributed by atoms with Gasteiger partial charge in [-0.1, -0.05) is 0 Å². The molecule has 1 aromatic rings. The Morgan fingerprint density at radius 3 is 2.54 bits per heavy atom. The van der Waals surface area contributed by atoms with Crippen LogP contribution in [0.4, 0.5) is 0 Å². The Hall–Kier alpha value is -0.222. The molecule has 1 heteroatoms. The fourth-order valence-electron chi connectivity index (χ4n) is 1.46. The summed E-state index contributed by atoms with van der Waals surface area (Å²) >= 11 is 2.66. The van der Waals surface area contributed by atoms with Crippen molar-refractivity contribution in [2.75, 3.05) is 0 Å². The first-order valence-corrected chi connectivity index (χ1v) is 6.05. The molecule has 0 N–H and O–H groups in total. The first-order chi connectivity index (χ1) is 6.34. The van der Waals surface area contributed by atoms with Gasteiger partial charge in [0, 0.05) is 0 Å². The second-order valence-corrected chi connectivity index (χ2v) is 4.45. The van der Waals surface area contributed by atoms with Crippen molar-refractivity contribution in [1.82, 2.24) is 0 Å². The van der Waals surface area contributed by atoms with Gasteiger partial charge in [-0.2, -0.15) is 0 Å². The molecular weight excluding hydrogens is 219 g/mol. The molecule has 0 aromatic heterocycles. The Morgan fingerprint density at radius 1 is 1.08 bits per heavy atom. The molecule has 0 fully saturated rings. The predicted molar refractivity (Wildman–Crippen MR) is 59.7 cm³/mol. The molecule has 1 aromatic carbocycles. The van der Waals surface area contributed by atoms with Gasteiger partial charge in [0.15, 0.2) is 0 Å². The van der Waals surface area contributed by atoms with Gasteiger partial charge in [0.05, 0.1) is 0 Å². The van der Waals surface area contributed by atoms with Crippen molar-refractivity contribution in [2.24, 2.45) is 0 Å². The molecule has 0 nitrogen and oxygen atoms in total. The summed E-state index contributed by atoms with van der Waals surface area (Å²) < 4.78 is 1.38. The quantitative estimate of drug-likeness (QED) is 0.544. The summed E-state index contributed by atoms with van der Waals surface area (Å²) in [4.78, 5) is 0. The SMILES string of the molecule is CCCCCCc1ccccc1[As]. The van der Waals surface area contributed by atoms with Crippen molar-refractivity contribution in [1.29, 1.82) is 0 Å². The van der Waals surface area contributed by atoms with Crippen LogP contribution in [-0.4, -0.2) is 16.9 Å². The number of aryl methyl sites for hydroxylation is 1. The van der Waals surface area contributed by atoms with Gasteiger partial charge in [-0.15, -0.1) is 0 Å². The fourth-order valence-corrected chi connectivity index (χ4v) is 2.04. The summed E-state index contributed by atoms with van der Waals surface area (Å²) in [6.07, 6.45) is 6.65. The van der Waals surface area contributed by atoms with E-state index in [0.717, 1.165) is 0 Å². The van der Waals surface area contributed by atoms with E-state index in [1.54, 1.807) is 0 Å². The third kappa shape index (κ3) is 4.00. The van der Waals surface area contributed by atoms with Crippen molar-refractivity contribution >= 4 is 21.2 Å². The van der Waals surface area contributed by atoms with Gasteiger partial charge in [0.25, 0.3) is 0 Å². The molecule has 0 atom stereocenters. The zero-order valence-corrected chi connectivity index (χ0v) is 10.2. The van der Waals surface area contributed by atoms with Crippen LogP contribution in [0.3, 0.4) is 0 Å². The molecule has 0 spiro atoms. The van der Waals surface area contributed by atoms with Gasteiger partial charge >= 0.3 is 90.1 Å². The number of benzene rings is 1. The van der Waals surface area contributed by atoms with Crippen LogP contribution in [0.2, 0.25) is 0 Å². The molecule has 0 aliphatic heterocycles. The third-order valence-electron chi connectivity index (χ3n) is 2.29. The molecule has 0 bridgehead atoms. The first-order valence-electron chi connectivity index (χ1n) is 5.11. The van der Waals surface area contributed by atoms with Gasteiger partial charge in [0.1, 0.15) is 0 Å². The van der Waals surface area contributed by atoms with E-state index in [4.69, 9.17) is 0 Å². The van der Waals surface area contributed by atoms with Crippen LogP contribution in [0.5, 0.6) is 0 Å². The van der Waals surface area contributed by atoms with Crippen molar-refractivity contribution in [2.45, 2.75) is 39.0 Å². The Kier molecular flexibility index (Phi) is 5.23. The molecule has 2 radical (unpaired) electrons. The van der Waals surface area contributed by atoms with E-state index < -0.39 is 0 Å². The zero-order valence-electron chi connectivity index (χ0n) is 8.29. The Morgan fingerprint density at radius 2 is 1.85 bits per heavy atom. The van der Waals surface area contributed by atoms with Crippen LogP contribution >= 0.6 is 0 Å². The molecule has 0 unspecified atom stereocenters. The van der Waals surface area contributed by atoms with Crippen molar-refractivity contribution in [3.8, 4) is 0 Å². The molecule has 70 valence electrons. The van der Waals surface area contributed by atoms with Crippen LogP contribution in [0.1, 0.15) is 38.2 Å². The van der Waals surface area contributed by atoms with Crippen molar-refractivity contribution in [3.63, 3.8) is 0 Å². The molecule has 0 aliphatic rings. The summed E-state index contributed by atoms with van der Waals surface area (Å²) in [5.41, 5.74) is 1.50. The maximum absolute atomic E-state index is 2.66. The van der Waals surface area contributed by atoms with E-state index in [1.165, 1.54) is 42.0 Å². The zero-order chi connectivity index (χ0) is 9.52. The fraction of sp³-hybridized carbons (Fsp3) is 0.500. The molecule has 1 rings (SSSR count). The molecule has 0 aliphatic carbocycles. The third-order valence-corrected chi connectivity index (χ3v) is 3.21. The molecule has 13 heavy (non-hydrogen) atoms. The average Bonchev–Trinajstić information content (AvgIpc) is 2.15. The number of rotatable bonds is 5. The van der Waals surface area contributed by atoms with E-state index in [0.29, 0.717) is 0 Å².